The van der Waals surface area contributed by atoms with Crippen molar-refractivity contribution in [3.63, 3.8) is 0 Å². The molecule has 0 amide bonds. The molecule has 2 heteroatoms. The van der Waals surface area contributed by atoms with Gasteiger partial charge in [0.25, 0.3) is 0 Å². The fourth-order valence-electron chi connectivity index (χ4n) is 1.61. The van der Waals surface area contributed by atoms with Crippen LogP contribution in [0.25, 0.3) is 0 Å². The van der Waals surface area contributed by atoms with E-state index in [-0.39, 0.29) is 5.92 Å². The number of aliphatic hydroxyl groups is 1. The summed E-state index contributed by atoms with van der Waals surface area (Å²) in [4.78, 5) is 10.2. The van der Waals surface area contributed by atoms with E-state index in [0.717, 1.165) is 12.8 Å². The molecule has 0 aliphatic carbocycles. The second-order valence-electron chi connectivity index (χ2n) is 3.12. The standard InChI is InChI=1S/C10H18O2/c1-4-9(5-2)10(12,6-3)7-8-11/h7,9,12H,4-6H2,1-3H3. The van der Waals surface area contributed by atoms with Gasteiger partial charge in [-0.15, -0.1) is 0 Å². The molecule has 2 nitrogen and oxygen atoms in total. The highest BCUT2D eigenvalue weighted by Gasteiger charge is 2.30. The van der Waals surface area contributed by atoms with Crippen LogP contribution in [0.5, 0.6) is 0 Å². The number of hydrogen-bond donors (Lipinski definition) is 1. The third kappa shape index (κ3) is 2.47. The van der Waals surface area contributed by atoms with Crippen LogP contribution in [0, 0.1) is 5.92 Å². The molecular weight excluding hydrogens is 152 g/mol. The maximum absolute atomic E-state index is 10.2. The summed E-state index contributed by atoms with van der Waals surface area (Å²) in [6, 6.07) is 0. The van der Waals surface area contributed by atoms with Gasteiger partial charge < -0.3 is 5.11 Å². The quantitative estimate of drug-likeness (QED) is 0.640. The average Bonchev–Trinajstić information content (AvgIpc) is 2.07. The van der Waals surface area contributed by atoms with E-state index >= 15 is 0 Å². The van der Waals surface area contributed by atoms with Crippen LogP contribution in [0.3, 0.4) is 0 Å². The molecule has 0 rings (SSSR count). The average molecular weight is 170 g/mol. The molecule has 1 N–H and O–H groups in total. The largest absolute Gasteiger partial charge is 0.385 e. The number of hydrogen-bond acceptors (Lipinski definition) is 2. The topological polar surface area (TPSA) is 37.3 Å². The van der Waals surface area contributed by atoms with E-state index in [1.165, 1.54) is 6.08 Å². The van der Waals surface area contributed by atoms with E-state index in [2.05, 4.69) is 0 Å². The SMILES string of the molecule is CCC(CC)C(O)(C=C=O)CC. The first-order valence-corrected chi connectivity index (χ1v) is 4.59. The number of carbonyl (C=O) groups excluding carboxylic acids is 1. The van der Waals surface area contributed by atoms with Gasteiger partial charge in [0.15, 0.2) is 0 Å². The van der Waals surface area contributed by atoms with Crippen molar-refractivity contribution in [3.05, 3.63) is 6.08 Å². The van der Waals surface area contributed by atoms with Crippen LogP contribution >= 0.6 is 0 Å². The van der Waals surface area contributed by atoms with Crippen LogP contribution in [0.1, 0.15) is 40.0 Å². The van der Waals surface area contributed by atoms with E-state index in [4.69, 9.17) is 0 Å². The van der Waals surface area contributed by atoms with Crippen molar-refractivity contribution in [1.29, 1.82) is 0 Å². The second kappa shape index (κ2) is 5.13. The van der Waals surface area contributed by atoms with E-state index in [0.29, 0.717) is 6.42 Å². The van der Waals surface area contributed by atoms with E-state index in [1.807, 2.05) is 20.8 Å². The van der Waals surface area contributed by atoms with Gasteiger partial charge in [-0.2, -0.15) is 0 Å². The molecule has 0 aliphatic rings. The third-order valence-electron chi connectivity index (χ3n) is 2.57. The van der Waals surface area contributed by atoms with Gasteiger partial charge in [-0.3, -0.25) is 0 Å². The van der Waals surface area contributed by atoms with Gasteiger partial charge in [0.2, 0.25) is 0 Å². The van der Waals surface area contributed by atoms with Gasteiger partial charge in [0.05, 0.1) is 5.60 Å². The minimum atomic E-state index is -0.939. The summed E-state index contributed by atoms with van der Waals surface area (Å²) in [7, 11) is 0. The first-order valence-electron chi connectivity index (χ1n) is 4.59. The minimum absolute atomic E-state index is 0.170. The lowest BCUT2D eigenvalue weighted by Crippen LogP contribution is -2.34. The second-order valence-corrected chi connectivity index (χ2v) is 3.12. The Morgan fingerprint density at radius 3 is 2.17 bits per heavy atom. The van der Waals surface area contributed by atoms with E-state index < -0.39 is 5.60 Å². The Balaban J connectivity index is 4.57. The zero-order valence-electron chi connectivity index (χ0n) is 8.13. The van der Waals surface area contributed by atoms with Gasteiger partial charge in [0, 0.05) is 6.08 Å². The molecule has 0 spiro atoms. The molecule has 0 aromatic heterocycles. The van der Waals surface area contributed by atoms with Crippen molar-refractivity contribution in [3.8, 4) is 0 Å². The van der Waals surface area contributed by atoms with Crippen molar-refractivity contribution in [2.45, 2.75) is 45.6 Å². The molecule has 12 heavy (non-hydrogen) atoms. The highest BCUT2D eigenvalue weighted by Crippen LogP contribution is 2.27. The van der Waals surface area contributed by atoms with Gasteiger partial charge in [0.1, 0.15) is 5.94 Å². The maximum Gasteiger partial charge on any atom is 0.123 e. The molecule has 0 heterocycles. The zero-order chi connectivity index (χ0) is 9.61. The van der Waals surface area contributed by atoms with Crippen molar-refractivity contribution in [2.24, 2.45) is 5.92 Å². The molecular formula is C10H18O2. The van der Waals surface area contributed by atoms with Crippen molar-refractivity contribution in [2.75, 3.05) is 0 Å². The van der Waals surface area contributed by atoms with Crippen LogP contribution in [-0.4, -0.2) is 16.6 Å². The Kier molecular flexibility index (Phi) is 4.87. The van der Waals surface area contributed by atoms with Gasteiger partial charge in [-0.25, -0.2) is 4.79 Å². The van der Waals surface area contributed by atoms with Crippen LogP contribution in [0.2, 0.25) is 0 Å². The van der Waals surface area contributed by atoms with Gasteiger partial charge in [-0.05, 0) is 12.3 Å². The molecule has 0 saturated carbocycles. The Bertz CT molecular complexity index is 167. The van der Waals surface area contributed by atoms with Crippen LogP contribution in [0.15, 0.2) is 6.08 Å². The Morgan fingerprint density at radius 2 is 1.92 bits per heavy atom. The van der Waals surface area contributed by atoms with E-state index in [9.17, 15) is 9.90 Å². The molecule has 0 saturated heterocycles. The van der Waals surface area contributed by atoms with Crippen LogP contribution < -0.4 is 0 Å². The summed E-state index contributed by atoms with van der Waals surface area (Å²) < 4.78 is 0. The Hall–Kier alpha value is -0.590. The monoisotopic (exact) mass is 170 g/mol. The van der Waals surface area contributed by atoms with Gasteiger partial charge >= 0.3 is 0 Å². The fourth-order valence-corrected chi connectivity index (χ4v) is 1.61. The van der Waals surface area contributed by atoms with E-state index in [1.54, 1.807) is 5.94 Å². The lowest BCUT2D eigenvalue weighted by atomic mass is 9.81. The highest BCUT2D eigenvalue weighted by atomic mass is 16.3. The molecule has 1 unspecified atom stereocenters. The first kappa shape index (κ1) is 11.4. The molecule has 0 fully saturated rings. The normalized spacial score (nSPS) is 15.4. The summed E-state index contributed by atoms with van der Waals surface area (Å²) in [6.45, 7) is 5.92. The minimum Gasteiger partial charge on any atom is -0.385 e. The molecule has 0 bridgehead atoms. The zero-order valence-corrected chi connectivity index (χ0v) is 8.13. The lowest BCUT2D eigenvalue weighted by Gasteiger charge is -2.30. The van der Waals surface area contributed by atoms with Crippen molar-refractivity contribution < 1.29 is 9.90 Å². The fraction of sp³-hybridized carbons (Fsp3) is 0.800. The predicted octanol–water partition coefficient (Wildman–Crippen LogP) is 1.95. The summed E-state index contributed by atoms with van der Waals surface area (Å²) in [5.74, 6) is 1.85. The molecule has 0 aliphatic heterocycles. The Morgan fingerprint density at radius 1 is 1.42 bits per heavy atom. The third-order valence-corrected chi connectivity index (χ3v) is 2.57. The van der Waals surface area contributed by atoms with Crippen molar-refractivity contribution >= 4 is 5.94 Å². The molecule has 0 aromatic carbocycles. The van der Waals surface area contributed by atoms with Crippen LogP contribution in [0.4, 0.5) is 0 Å². The molecule has 0 aromatic rings. The summed E-state index contributed by atoms with van der Waals surface area (Å²) in [5.41, 5.74) is -0.939. The first-order chi connectivity index (χ1) is 5.64. The summed E-state index contributed by atoms with van der Waals surface area (Å²) >= 11 is 0. The molecule has 0 radical (unpaired) electrons. The summed E-state index contributed by atoms with van der Waals surface area (Å²) in [6.07, 6.45) is 3.61. The Labute approximate surface area is 74.3 Å². The van der Waals surface area contributed by atoms with Crippen LogP contribution in [-0.2, 0) is 4.79 Å². The highest BCUT2D eigenvalue weighted by molar-refractivity contribution is 5.48. The van der Waals surface area contributed by atoms with Gasteiger partial charge in [-0.1, -0.05) is 33.6 Å². The molecule has 1 atom stereocenters. The smallest absolute Gasteiger partial charge is 0.123 e. The molecule has 70 valence electrons. The predicted molar refractivity (Wildman–Crippen MR) is 49.6 cm³/mol. The number of rotatable bonds is 5. The van der Waals surface area contributed by atoms with Crippen molar-refractivity contribution in [1.82, 2.24) is 0 Å². The lowest BCUT2D eigenvalue weighted by molar-refractivity contribution is 0.0215. The maximum atomic E-state index is 10.2. The summed E-state index contributed by atoms with van der Waals surface area (Å²) in [5, 5.41) is 9.96.